The van der Waals surface area contributed by atoms with Crippen molar-refractivity contribution in [1.82, 2.24) is 24.9 Å². The normalized spacial score (nSPS) is 11.9. The van der Waals surface area contributed by atoms with Gasteiger partial charge in [-0.15, -0.1) is 22.7 Å². The van der Waals surface area contributed by atoms with Crippen molar-refractivity contribution in [2.75, 3.05) is 0 Å². The third kappa shape index (κ3) is 5.55. The third-order valence-electron chi connectivity index (χ3n) is 8.80. The lowest BCUT2D eigenvalue weighted by molar-refractivity contribution is 1.08. The smallest absolute Gasteiger partial charge is 0.164 e. The Hall–Kier alpha value is -6.66. The van der Waals surface area contributed by atoms with Crippen LogP contribution in [0.3, 0.4) is 0 Å². The average Bonchev–Trinajstić information content (AvgIpc) is 3.79. The minimum absolute atomic E-state index is 0.493. The van der Waals surface area contributed by atoms with Crippen molar-refractivity contribution in [3.05, 3.63) is 157 Å². The van der Waals surface area contributed by atoms with E-state index in [2.05, 4.69) is 61.2 Å². The summed E-state index contributed by atoms with van der Waals surface area (Å²) in [5, 5.41) is 12.9. The van der Waals surface area contributed by atoms with Crippen LogP contribution in [-0.4, -0.2) is 24.9 Å². The number of hydrogen-bond donors (Lipinski definition) is 0. The van der Waals surface area contributed by atoms with Gasteiger partial charge in [-0.25, -0.2) is 24.9 Å². The van der Waals surface area contributed by atoms with Gasteiger partial charge >= 0.3 is 0 Å². The maximum Gasteiger partial charge on any atom is 0.164 e. The largest absolute Gasteiger partial charge is 0.227 e. The fraction of sp³-hybridized carbons (Fsp3) is 0. The van der Waals surface area contributed by atoms with E-state index in [9.17, 15) is 5.26 Å². The molecule has 0 amide bonds. The first-order valence-electron chi connectivity index (χ1n) is 16.6. The number of nitrogens with zero attached hydrogens (tertiary/aromatic N) is 6. The van der Waals surface area contributed by atoms with Crippen LogP contribution in [0.4, 0.5) is 0 Å². The zero-order valence-electron chi connectivity index (χ0n) is 27.6. The maximum absolute atomic E-state index is 9.68. The highest BCUT2D eigenvalue weighted by Gasteiger charge is 2.20. The molecule has 244 valence electrons. The predicted octanol–water partition coefficient (Wildman–Crippen LogP) is 11.7. The van der Waals surface area contributed by atoms with Crippen LogP contribution in [0.15, 0.2) is 152 Å². The number of thiophene rings is 2. The predicted molar refractivity (Wildman–Crippen MR) is 216 cm³/mol. The third-order valence-corrected chi connectivity index (χ3v) is 11.2. The summed E-state index contributed by atoms with van der Waals surface area (Å²) >= 11 is 3.36. The van der Waals surface area contributed by atoms with Crippen LogP contribution in [-0.2, 0) is 0 Å². The average molecular weight is 703 g/mol. The Bertz CT molecular complexity index is 2880. The molecule has 6 nitrogen and oxygen atoms in total. The summed E-state index contributed by atoms with van der Waals surface area (Å²) in [5.41, 5.74) is 5.86. The lowest BCUT2D eigenvalue weighted by Crippen LogP contribution is -2.00. The van der Waals surface area contributed by atoms with Gasteiger partial charge < -0.3 is 0 Å². The van der Waals surface area contributed by atoms with Crippen LogP contribution in [0.25, 0.3) is 92.1 Å². The molecule has 8 heteroatoms. The van der Waals surface area contributed by atoms with Gasteiger partial charge in [0.15, 0.2) is 23.3 Å². The van der Waals surface area contributed by atoms with E-state index in [1.165, 1.54) is 0 Å². The maximum atomic E-state index is 9.68. The lowest BCUT2D eigenvalue weighted by atomic mass is 10.0. The molecule has 0 saturated heterocycles. The van der Waals surface area contributed by atoms with Crippen molar-refractivity contribution < 1.29 is 0 Å². The fourth-order valence-corrected chi connectivity index (χ4v) is 8.76. The summed E-state index contributed by atoms with van der Waals surface area (Å²) in [4.78, 5) is 25.4. The molecule has 0 saturated carbocycles. The molecule has 5 aromatic carbocycles. The molecule has 0 unspecified atom stereocenters. The highest BCUT2D eigenvalue weighted by Crippen LogP contribution is 2.44. The summed E-state index contributed by atoms with van der Waals surface area (Å²) < 4.78 is 4.29. The Morgan fingerprint density at radius 1 is 0.577 bits per heavy atom. The highest BCUT2D eigenvalue weighted by atomic mass is 32.1. The molecule has 4 aromatic heterocycles. The quantitative estimate of drug-likeness (QED) is 0.121. The van der Waals surface area contributed by atoms with E-state index >= 15 is 0 Å². The summed E-state index contributed by atoms with van der Waals surface area (Å²) in [5.74, 6) is 2.47. The Morgan fingerprint density at radius 2 is 1.17 bits per heavy atom. The molecule has 4 heterocycles. The summed E-state index contributed by atoms with van der Waals surface area (Å²) in [6, 6.07) is 43.2. The van der Waals surface area contributed by atoms with Crippen LogP contribution < -0.4 is 0 Å². The van der Waals surface area contributed by atoms with Crippen LogP contribution in [0.1, 0.15) is 5.69 Å². The minimum Gasteiger partial charge on any atom is -0.227 e. The number of fused-ring (bicyclic) bond motifs is 6. The van der Waals surface area contributed by atoms with Crippen molar-refractivity contribution in [2.24, 2.45) is 0 Å². The van der Waals surface area contributed by atoms with E-state index in [4.69, 9.17) is 24.9 Å². The highest BCUT2D eigenvalue weighted by molar-refractivity contribution is 7.26. The molecule has 0 spiro atoms. The zero-order chi connectivity index (χ0) is 35.0. The molecule has 52 heavy (non-hydrogen) atoms. The monoisotopic (exact) mass is 702 g/mol. The zero-order valence-corrected chi connectivity index (χ0v) is 29.2. The van der Waals surface area contributed by atoms with E-state index in [-0.39, 0.29) is 0 Å². The molecule has 0 fully saturated rings. The molecule has 9 aromatic rings. The Kier molecular flexibility index (Phi) is 7.97. The van der Waals surface area contributed by atoms with Gasteiger partial charge in [0.2, 0.25) is 0 Å². The van der Waals surface area contributed by atoms with Gasteiger partial charge in [-0.2, -0.15) is 5.26 Å². The molecular formula is C44H26N6S2. The van der Waals surface area contributed by atoms with E-state index in [0.717, 1.165) is 68.4 Å². The van der Waals surface area contributed by atoms with Crippen LogP contribution >= 0.6 is 22.7 Å². The van der Waals surface area contributed by atoms with E-state index in [0.29, 0.717) is 28.9 Å². The second-order valence-electron chi connectivity index (χ2n) is 12.0. The second-order valence-corrected chi connectivity index (χ2v) is 14.1. The topological polar surface area (TPSA) is 88.2 Å². The van der Waals surface area contributed by atoms with Crippen LogP contribution in [0, 0.1) is 11.3 Å². The van der Waals surface area contributed by atoms with Crippen molar-refractivity contribution in [3.63, 3.8) is 0 Å². The van der Waals surface area contributed by atoms with Crippen molar-refractivity contribution in [1.29, 1.82) is 5.26 Å². The van der Waals surface area contributed by atoms with Gasteiger partial charge in [-0.05, 0) is 36.4 Å². The molecule has 0 N–H and O–H groups in total. The Labute approximate surface area is 307 Å². The molecule has 9 rings (SSSR count). The standard InChI is InChI=1S/C44H26N6S2/c1-2-13-27(26-45)24-25-34-40-38(30-18-9-10-22-35(30)51-40)47-44(46-34)33-21-11-19-31-37-32(20-12-23-36(37)52-39(31)33)43-49-41(28-14-5-3-6-15-28)48-42(50-43)29-16-7-4-8-17-29/h2-25H,1H2/b25-24+,27-13+. The van der Waals surface area contributed by atoms with Gasteiger partial charge in [-0.3, -0.25) is 0 Å². The van der Waals surface area contributed by atoms with Crippen LogP contribution in [0.5, 0.6) is 0 Å². The molecular weight excluding hydrogens is 677 g/mol. The number of benzene rings is 5. The van der Waals surface area contributed by atoms with Gasteiger partial charge in [0.25, 0.3) is 0 Å². The summed E-state index contributed by atoms with van der Waals surface area (Å²) in [6.45, 7) is 3.75. The number of aromatic nitrogens is 5. The first-order chi connectivity index (χ1) is 25.7. The van der Waals surface area contributed by atoms with Gasteiger partial charge in [0.05, 0.1) is 27.6 Å². The molecule has 0 aliphatic heterocycles. The van der Waals surface area contributed by atoms with E-state index in [1.54, 1.807) is 40.9 Å². The van der Waals surface area contributed by atoms with Crippen molar-refractivity contribution >= 4 is 69.2 Å². The van der Waals surface area contributed by atoms with Crippen molar-refractivity contribution in [3.8, 4) is 51.6 Å². The van der Waals surface area contributed by atoms with Gasteiger partial charge in [0, 0.05) is 52.5 Å². The molecule has 0 aliphatic carbocycles. The van der Waals surface area contributed by atoms with E-state index in [1.807, 2.05) is 78.9 Å². The summed E-state index contributed by atoms with van der Waals surface area (Å²) in [7, 11) is 0. The Balaban J connectivity index is 1.27. The number of nitriles is 1. The molecule has 0 aliphatic rings. The number of hydrogen-bond acceptors (Lipinski definition) is 8. The first-order valence-corrected chi connectivity index (χ1v) is 18.2. The summed E-state index contributed by atoms with van der Waals surface area (Å²) in [6.07, 6.45) is 6.99. The SMILES string of the molecule is C=C/C=C(C#N)\C=C\c1nc(-c2cccc3c2sc2cccc(-c4nc(-c5ccccc5)nc(-c5ccccc5)n4)c23)nc2c1sc1ccccc12. The molecule has 0 bridgehead atoms. The van der Waals surface area contributed by atoms with Gasteiger partial charge in [-0.1, -0.05) is 116 Å². The molecule has 0 atom stereocenters. The molecule has 0 radical (unpaired) electrons. The van der Waals surface area contributed by atoms with Crippen molar-refractivity contribution in [2.45, 2.75) is 0 Å². The second kappa shape index (κ2) is 13.2. The number of rotatable bonds is 7. The number of allylic oxidation sites excluding steroid dienone is 4. The fourth-order valence-electron chi connectivity index (χ4n) is 6.41. The first kappa shape index (κ1) is 31.3. The van der Waals surface area contributed by atoms with Crippen LogP contribution in [0.2, 0.25) is 0 Å². The van der Waals surface area contributed by atoms with Gasteiger partial charge in [0.1, 0.15) is 0 Å². The van der Waals surface area contributed by atoms with E-state index < -0.39 is 0 Å². The minimum atomic E-state index is 0.493. The lowest BCUT2D eigenvalue weighted by Gasteiger charge is -2.09. The Morgan fingerprint density at radius 3 is 1.90 bits per heavy atom.